The first-order valence-electron chi connectivity index (χ1n) is 15.7. The minimum absolute atomic E-state index is 0.595. The van der Waals surface area contributed by atoms with Gasteiger partial charge >= 0.3 is 0 Å². The van der Waals surface area contributed by atoms with Gasteiger partial charge in [-0.3, -0.25) is 0 Å². The molecule has 0 fully saturated rings. The summed E-state index contributed by atoms with van der Waals surface area (Å²) in [6.07, 6.45) is 0. The topological polar surface area (TPSA) is 51.8 Å². The fraction of sp³-hybridized carbons (Fsp3) is 0. The molecule has 9 rings (SSSR count). The van der Waals surface area contributed by atoms with E-state index in [1.165, 1.54) is 16.3 Å². The van der Waals surface area contributed by atoms with Gasteiger partial charge in [-0.1, -0.05) is 140 Å². The van der Waals surface area contributed by atoms with E-state index in [2.05, 4.69) is 109 Å². The van der Waals surface area contributed by atoms with Crippen LogP contribution in [0, 0.1) is 0 Å². The van der Waals surface area contributed by atoms with Crippen LogP contribution >= 0.6 is 0 Å². The second kappa shape index (κ2) is 11.2. The molecule has 0 aliphatic rings. The summed E-state index contributed by atoms with van der Waals surface area (Å²) in [6, 6.07) is 56.4. The zero-order valence-corrected chi connectivity index (χ0v) is 25.3. The van der Waals surface area contributed by atoms with Gasteiger partial charge in [0.2, 0.25) is 0 Å². The highest BCUT2D eigenvalue weighted by Crippen LogP contribution is 2.38. The SMILES string of the molecule is c1ccc(-c2nc(-c3ccc(-c4ccc5ccccc5c4)cc3)nc(-c3ccc4c(c3)oc3cccc(-c5ccccc5)c34)n2)cc1. The summed E-state index contributed by atoms with van der Waals surface area (Å²) >= 11 is 0. The van der Waals surface area contributed by atoms with Crippen molar-refractivity contribution in [2.45, 2.75) is 0 Å². The molecular formula is C43H27N3O. The van der Waals surface area contributed by atoms with E-state index in [-0.39, 0.29) is 0 Å². The van der Waals surface area contributed by atoms with Gasteiger partial charge in [0.15, 0.2) is 17.5 Å². The van der Waals surface area contributed by atoms with Crippen molar-refractivity contribution < 1.29 is 4.42 Å². The molecule has 0 radical (unpaired) electrons. The van der Waals surface area contributed by atoms with Gasteiger partial charge in [0.05, 0.1) is 0 Å². The van der Waals surface area contributed by atoms with Crippen molar-refractivity contribution in [1.82, 2.24) is 15.0 Å². The van der Waals surface area contributed by atoms with Crippen LogP contribution in [0.25, 0.3) is 89.1 Å². The van der Waals surface area contributed by atoms with Gasteiger partial charge in [0, 0.05) is 27.5 Å². The Kier molecular flexibility index (Phi) is 6.43. The third-order valence-corrected chi connectivity index (χ3v) is 8.73. The Morgan fingerprint density at radius 2 is 0.915 bits per heavy atom. The van der Waals surface area contributed by atoms with E-state index in [1.54, 1.807) is 0 Å². The largest absolute Gasteiger partial charge is 0.456 e. The van der Waals surface area contributed by atoms with E-state index in [1.807, 2.05) is 54.6 Å². The molecule has 0 saturated heterocycles. The molecule has 2 aromatic heterocycles. The third-order valence-electron chi connectivity index (χ3n) is 8.73. The Morgan fingerprint density at radius 3 is 1.66 bits per heavy atom. The number of furan rings is 1. The fourth-order valence-corrected chi connectivity index (χ4v) is 6.35. The molecule has 0 aliphatic carbocycles. The molecule has 2 heterocycles. The predicted molar refractivity (Wildman–Crippen MR) is 192 cm³/mol. The number of hydrogen-bond acceptors (Lipinski definition) is 4. The first-order chi connectivity index (χ1) is 23.3. The zero-order chi connectivity index (χ0) is 31.2. The normalized spacial score (nSPS) is 11.4. The van der Waals surface area contributed by atoms with Crippen LogP contribution in [-0.4, -0.2) is 15.0 Å². The average Bonchev–Trinajstić information content (AvgIpc) is 3.53. The Morgan fingerprint density at radius 1 is 0.340 bits per heavy atom. The molecule has 4 heteroatoms. The third kappa shape index (κ3) is 4.93. The molecule has 7 aromatic carbocycles. The lowest BCUT2D eigenvalue weighted by atomic mass is 9.99. The first kappa shape index (κ1) is 27.0. The molecule has 0 amide bonds. The summed E-state index contributed by atoms with van der Waals surface area (Å²) in [5.41, 5.74) is 8.99. The van der Waals surface area contributed by atoms with Crippen molar-refractivity contribution in [3.63, 3.8) is 0 Å². The highest BCUT2D eigenvalue weighted by molar-refractivity contribution is 6.13. The Labute approximate surface area is 271 Å². The zero-order valence-electron chi connectivity index (χ0n) is 25.3. The minimum Gasteiger partial charge on any atom is -0.456 e. The van der Waals surface area contributed by atoms with Crippen LogP contribution < -0.4 is 0 Å². The van der Waals surface area contributed by atoms with Gasteiger partial charge in [-0.05, 0) is 57.3 Å². The number of hydrogen-bond donors (Lipinski definition) is 0. The Balaban J connectivity index is 1.14. The molecule has 0 aliphatic heterocycles. The number of fused-ring (bicyclic) bond motifs is 4. The van der Waals surface area contributed by atoms with Crippen molar-refractivity contribution in [2.24, 2.45) is 0 Å². The van der Waals surface area contributed by atoms with Gasteiger partial charge < -0.3 is 4.42 Å². The smallest absolute Gasteiger partial charge is 0.164 e. The summed E-state index contributed by atoms with van der Waals surface area (Å²) in [4.78, 5) is 14.9. The van der Waals surface area contributed by atoms with Crippen molar-refractivity contribution in [1.29, 1.82) is 0 Å². The van der Waals surface area contributed by atoms with Gasteiger partial charge in [-0.2, -0.15) is 0 Å². The molecular weight excluding hydrogens is 574 g/mol. The van der Waals surface area contributed by atoms with E-state index in [9.17, 15) is 0 Å². The van der Waals surface area contributed by atoms with Crippen LogP contribution in [0.4, 0.5) is 0 Å². The van der Waals surface area contributed by atoms with Crippen LogP contribution in [0.1, 0.15) is 0 Å². The Bertz CT molecular complexity index is 2550. The van der Waals surface area contributed by atoms with E-state index in [0.29, 0.717) is 17.5 Å². The van der Waals surface area contributed by atoms with Crippen LogP contribution in [0.2, 0.25) is 0 Å². The summed E-state index contributed by atoms with van der Waals surface area (Å²) < 4.78 is 6.42. The molecule has 0 saturated carbocycles. The van der Waals surface area contributed by atoms with Crippen molar-refractivity contribution in [3.8, 4) is 56.4 Å². The molecule has 47 heavy (non-hydrogen) atoms. The Hall–Kier alpha value is -6.39. The van der Waals surface area contributed by atoms with E-state index in [4.69, 9.17) is 19.4 Å². The van der Waals surface area contributed by atoms with E-state index in [0.717, 1.165) is 55.3 Å². The van der Waals surface area contributed by atoms with E-state index >= 15 is 0 Å². The molecule has 0 unspecified atom stereocenters. The van der Waals surface area contributed by atoms with Crippen LogP contribution in [0.5, 0.6) is 0 Å². The van der Waals surface area contributed by atoms with Crippen LogP contribution in [-0.2, 0) is 0 Å². The van der Waals surface area contributed by atoms with E-state index < -0.39 is 0 Å². The maximum Gasteiger partial charge on any atom is 0.164 e. The lowest BCUT2D eigenvalue weighted by molar-refractivity contribution is 0.669. The van der Waals surface area contributed by atoms with Crippen molar-refractivity contribution >= 4 is 32.7 Å². The molecule has 0 spiro atoms. The summed E-state index contributed by atoms with van der Waals surface area (Å²) in [6.45, 7) is 0. The summed E-state index contributed by atoms with van der Waals surface area (Å²) in [5.74, 6) is 1.84. The molecule has 9 aromatic rings. The second-order valence-corrected chi connectivity index (χ2v) is 11.7. The van der Waals surface area contributed by atoms with Crippen molar-refractivity contribution in [2.75, 3.05) is 0 Å². The minimum atomic E-state index is 0.595. The van der Waals surface area contributed by atoms with Crippen LogP contribution in [0.3, 0.4) is 0 Å². The summed E-state index contributed by atoms with van der Waals surface area (Å²) in [5, 5.41) is 4.62. The molecule has 0 N–H and O–H groups in total. The van der Waals surface area contributed by atoms with Gasteiger partial charge in [0.25, 0.3) is 0 Å². The predicted octanol–water partition coefficient (Wildman–Crippen LogP) is 11.3. The maximum absolute atomic E-state index is 6.42. The lowest BCUT2D eigenvalue weighted by Gasteiger charge is -2.09. The number of rotatable bonds is 5. The molecule has 0 atom stereocenters. The van der Waals surface area contributed by atoms with Gasteiger partial charge in [-0.15, -0.1) is 0 Å². The maximum atomic E-state index is 6.42. The second-order valence-electron chi connectivity index (χ2n) is 11.7. The highest BCUT2D eigenvalue weighted by Gasteiger charge is 2.16. The molecule has 0 bridgehead atoms. The number of benzene rings is 7. The standard InChI is InChI=1S/C43H27N3O/c1-3-11-30(12-4-1)36-16-9-17-38-40(36)37-25-24-35(27-39(37)47-38)43-45-41(31-13-5-2-6-14-31)44-42(46-43)32-21-18-29(19-22-32)34-23-20-28-10-7-8-15-33(28)26-34/h1-27H. The van der Waals surface area contributed by atoms with Crippen molar-refractivity contribution in [3.05, 3.63) is 164 Å². The lowest BCUT2D eigenvalue weighted by Crippen LogP contribution is -2.00. The summed E-state index contributed by atoms with van der Waals surface area (Å²) in [7, 11) is 0. The number of nitrogens with zero attached hydrogens (tertiary/aromatic N) is 3. The van der Waals surface area contributed by atoms with Gasteiger partial charge in [0.1, 0.15) is 11.2 Å². The molecule has 220 valence electrons. The quantitative estimate of drug-likeness (QED) is 0.197. The average molecular weight is 602 g/mol. The number of aromatic nitrogens is 3. The fourth-order valence-electron chi connectivity index (χ4n) is 6.35. The first-order valence-corrected chi connectivity index (χ1v) is 15.7. The monoisotopic (exact) mass is 601 g/mol. The van der Waals surface area contributed by atoms with Crippen LogP contribution in [0.15, 0.2) is 168 Å². The molecule has 4 nitrogen and oxygen atoms in total. The highest BCUT2D eigenvalue weighted by atomic mass is 16.3. The van der Waals surface area contributed by atoms with Gasteiger partial charge in [-0.25, -0.2) is 15.0 Å².